The van der Waals surface area contributed by atoms with E-state index in [0.717, 1.165) is 0 Å². The maximum absolute atomic E-state index is 13.6. The summed E-state index contributed by atoms with van der Waals surface area (Å²) in [6, 6.07) is 4.80. The Balaban J connectivity index is 1.77. The number of imidazole rings is 1. The number of aliphatic hydroxyl groups is 1. The zero-order chi connectivity index (χ0) is 23.0. The van der Waals surface area contributed by atoms with Crippen molar-refractivity contribution in [3.8, 4) is 0 Å². The quantitative estimate of drug-likeness (QED) is 0.364. The lowest BCUT2D eigenvalue weighted by Crippen LogP contribution is -2.31. The molecule has 1 fully saturated rings. The van der Waals surface area contributed by atoms with E-state index in [2.05, 4.69) is 10.1 Å². The van der Waals surface area contributed by atoms with E-state index in [0.29, 0.717) is 35.5 Å². The Labute approximate surface area is 184 Å². The molecule has 2 aromatic heterocycles. The van der Waals surface area contributed by atoms with Crippen molar-refractivity contribution in [1.29, 1.82) is 0 Å². The molecule has 9 heteroatoms. The average Bonchev–Trinajstić information content (AvgIpc) is 3.43. The fourth-order valence-electron chi connectivity index (χ4n) is 4.20. The standard InChI is InChI=1S/C23H24FN5O3/c1-14-18(15(2)27(3)26-14)21(30)19-20(16-5-7-17(24)8-6-16)29(23(32)22(19)31)11-4-10-28-12-9-25-13-28/h5-9,12-13,20,30H,4,10-11H2,1-3H3/b21-19+. The van der Waals surface area contributed by atoms with Gasteiger partial charge in [-0.15, -0.1) is 0 Å². The molecule has 32 heavy (non-hydrogen) atoms. The van der Waals surface area contributed by atoms with E-state index in [4.69, 9.17) is 0 Å². The molecule has 1 unspecified atom stereocenters. The number of Topliss-reactive ketones (excluding diaryl/α,β-unsaturated/α-hetero) is 1. The fraction of sp³-hybridized carbons (Fsp3) is 0.304. The summed E-state index contributed by atoms with van der Waals surface area (Å²) in [6.07, 6.45) is 5.74. The number of aromatic nitrogens is 4. The fourth-order valence-corrected chi connectivity index (χ4v) is 4.20. The van der Waals surface area contributed by atoms with E-state index in [-0.39, 0.29) is 17.9 Å². The first kappa shape index (κ1) is 21.5. The van der Waals surface area contributed by atoms with Gasteiger partial charge in [0.1, 0.15) is 11.6 Å². The van der Waals surface area contributed by atoms with Gasteiger partial charge in [-0.3, -0.25) is 14.3 Å². The highest BCUT2D eigenvalue weighted by Crippen LogP contribution is 2.40. The number of carbonyl (C=O) groups is 2. The van der Waals surface area contributed by atoms with Gasteiger partial charge in [0.25, 0.3) is 11.7 Å². The molecular weight excluding hydrogens is 413 g/mol. The van der Waals surface area contributed by atoms with Gasteiger partial charge in [0.2, 0.25) is 0 Å². The second kappa shape index (κ2) is 8.41. The molecule has 8 nitrogen and oxygen atoms in total. The summed E-state index contributed by atoms with van der Waals surface area (Å²) in [5, 5.41) is 15.5. The molecule has 166 valence electrons. The molecule has 0 saturated carbocycles. The number of aliphatic hydroxyl groups excluding tert-OH is 1. The lowest BCUT2D eigenvalue weighted by Gasteiger charge is -2.25. The highest BCUT2D eigenvalue weighted by Gasteiger charge is 2.46. The summed E-state index contributed by atoms with van der Waals surface area (Å²) >= 11 is 0. The second-order valence-electron chi connectivity index (χ2n) is 7.87. The van der Waals surface area contributed by atoms with Crippen LogP contribution in [-0.2, 0) is 23.2 Å². The van der Waals surface area contributed by atoms with Crippen LogP contribution in [0.15, 0.2) is 48.6 Å². The zero-order valence-electron chi connectivity index (χ0n) is 18.1. The van der Waals surface area contributed by atoms with Crippen LogP contribution in [-0.4, -0.2) is 47.6 Å². The SMILES string of the molecule is Cc1nn(C)c(C)c1/C(O)=C1\C(=O)C(=O)N(CCCn2ccnc2)C1c1ccc(F)cc1. The molecular formula is C23H24FN5O3. The highest BCUT2D eigenvalue weighted by molar-refractivity contribution is 6.46. The Hall–Kier alpha value is -3.75. The number of benzene rings is 1. The van der Waals surface area contributed by atoms with Gasteiger partial charge in [0.15, 0.2) is 0 Å². The monoisotopic (exact) mass is 437 g/mol. The van der Waals surface area contributed by atoms with Crippen molar-refractivity contribution in [2.45, 2.75) is 32.9 Å². The van der Waals surface area contributed by atoms with E-state index in [1.165, 1.54) is 29.2 Å². The van der Waals surface area contributed by atoms with Crippen LogP contribution < -0.4 is 0 Å². The molecule has 1 saturated heterocycles. The Morgan fingerprint density at radius 2 is 1.88 bits per heavy atom. The largest absolute Gasteiger partial charge is 0.507 e. The van der Waals surface area contributed by atoms with Gasteiger partial charge in [-0.25, -0.2) is 9.37 Å². The van der Waals surface area contributed by atoms with Crippen LogP contribution in [0.4, 0.5) is 4.39 Å². The van der Waals surface area contributed by atoms with Crippen molar-refractivity contribution in [2.75, 3.05) is 6.54 Å². The third-order valence-electron chi connectivity index (χ3n) is 5.85. The number of likely N-dealkylation sites (tertiary alicyclic amines) is 1. The third-order valence-corrected chi connectivity index (χ3v) is 5.85. The highest BCUT2D eigenvalue weighted by atomic mass is 19.1. The number of carbonyl (C=O) groups excluding carboxylic acids is 2. The molecule has 0 aliphatic carbocycles. The zero-order valence-corrected chi connectivity index (χ0v) is 18.1. The number of rotatable bonds is 6. The maximum Gasteiger partial charge on any atom is 0.295 e. The van der Waals surface area contributed by atoms with Crippen LogP contribution in [0.1, 0.15) is 35.0 Å². The van der Waals surface area contributed by atoms with Gasteiger partial charge >= 0.3 is 0 Å². The number of hydrogen-bond acceptors (Lipinski definition) is 5. The van der Waals surface area contributed by atoms with E-state index in [9.17, 15) is 19.1 Å². The van der Waals surface area contributed by atoms with Crippen molar-refractivity contribution in [1.82, 2.24) is 24.2 Å². The smallest absolute Gasteiger partial charge is 0.295 e. The molecule has 0 radical (unpaired) electrons. The number of nitrogens with zero attached hydrogens (tertiary/aromatic N) is 5. The molecule has 3 heterocycles. The van der Waals surface area contributed by atoms with E-state index < -0.39 is 23.5 Å². The molecule has 3 aromatic rings. The Bertz CT molecular complexity index is 1200. The molecule has 1 aliphatic heterocycles. The van der Waals surface area contributed by atoms with Crippen LogP contribution in [0.25, 0.3) is 5.76 Å². The summed E-state index contributed by atoms with van der Waals surface area (Å²) in [5.74, 6) is -2.14. The molecule has 1 aliphatic rings. The average molecular weight is 437 g/mol. The lowest BCUT2D eigenvalue weighted by atomic mass is 9.94. The van der Waals surface area contributed by atoms with E-state index in [1.807, 2.05) is 10.8 Å². The first-order valence-electron chi connectivity index (χ1n) is 10.3. The summed E-state index contributed by atoms with van der Waals surface area (Å²) < 4.78 is 17.1. The Morgan fingerprint density at radius 3 is 2.47 bits per heavy atom. The van der Waals surface area contributed by atoms with Crippen molar-refractivity contribution < 1.29 is 19.1 Å². The van der Waals surface area contributed by atoms with Crippen molar-refractivity contribution >= 4 is 17.4 Å². The first-order valence-corrected chi connectivity index (χ1v) is 10.3. The van der Waals surface area contributed by atoms with Gasteiger partial charge in [-0.2, -0.15) is 5.10 Å². The summed E-state index contributed by atoms with van der Waals surface area (Å²) in [7, 11) is 1.74. The van der Waals surface area contributed by atoms with Crippen LogP contribution in [0.2, 0.25) is 0 Å². The van der Waals surface area contributed by atoms with Crippen molar-refractivity contribution in [2.24, 2.45) is 7.05 Å². The van der Waals surface area contributed by atoms with Crippen LogP contribution in [0.3, 0.4) is 0 Å². The number of hydrogen-bond donors (Lipinski definition) is 1. The third kappa shape index (κ3) is 3.70. The molecule has 1 amide bonds. The van der Waals surface area contributed by atoms with Crippen LogP contribution in [0, 0.1) is 19.7 Å². The van der Waals surface area contributed by atoms with E-state index in [1.54, 1.807) is 38.1 Å². The van der Waals surface area contributed by atoms with Gasteiger partial charge in [0.05, 0.1) is 29.2 Å². The number of ketones is 1. The van der Waals surface area contributed by atoms with Gasteiger partial charge in [-0.05, 0) is 38.0 Å². The summed E-state index contributed by atoms with van der Waals surface area (Å²) in [6.45, 7) is 4.41. The number of halogens is 1. The van der Waals surface area contributed by atoms with Gasteiger partial charge < -0.3 is 14.6 Å². The topological polar surface area (TPSA) is 93.2 Å². The minimum atomic E-state index is -0.822. The van der Waals surface area contributed by atoms with Crippen LogP contribution in [0.5, 0.6) is 0 Å². The molecule has 1 N–H and O–H groups in total. The van der Waals surface area contributed by atoms with Crippen molar-refractivity contribution in [3.05, 3.63) is 76.9 Å². The molecule has 1 aromatic carbocycles. The first-order chi connectivity index (χ1) is 15.3. The second-order valence-corrected chi connectivity index (χ2v) is 7.87. The van der Waals surface area contributed by atoms with Gasteiger partial charge in [-0.1, -0.05) is 12.1 Å². The molecule has 0 spiro atoms. The van der Waals surface area contributed by atoms with Gasteiger partial charge in [0, 0.05) is 38.2 Å². The number of aryl methyl sites for hydroxylation is 3. The minimum Gasteiger partial charge on any atom is -0.507 e. The van der Waals surface area contributed by atoms with Crippen molar-refractivity contribution in [3.63, 3.8) is 0 Å². The predicted molar refractivity (Wildman–Crippen MR) is 115 cm³/mol. The predicted octanol–water partition coefficient (Wildman–Crippen LogP) is 2.88. The maximum atomic E-state index is 13.6. The molecule has 1 atom stereocenters. The summed E-state index contributed by atoms with van der Waals surface area (Å²) in [5.41, 5.74) is 2.18. The molecule has 4 rings (SSSR count). The normalized spacial score (nSPS) is 18.0. The van der Waals surface area contributed by atoms with Crippen LogP contribution >= 0.6 is 0 Å². The lowest BCUT2D eigenvalue weighted by molar-refractivity contribution is -0.139. The Morgan fingerprint density at radius 1 is 1.16 bits per heavy atom. The summed E-state index contributed by atoms with van der Waals surface area (Å²) in [4.78, 5) is 31.5. The molecule has 0 bridgehead atoms. The Kier molecular flexibility index (Phi) is 5.65. The minimum absolute atomic E-state index is 0.0107. The number of amides is 1. The van der Waals surface area contributed by atoms with E-state index >= 15 is 0 Å².